The van der Waals surface area contributed by atoms with Crippen LogP contribution in [0, 0.1) is 0 Å². The van der Waals surface area contributed by atoms with Gasteiger partial charge in [-0.05, 0) is 31.6 Å². The summed E-state index contributed by atoms with van der Waals surface area (Å²) >= 11 is 0. The maximum atomic E-state index is 10.9. The summed E-state index contributed by atoms with van der Waals surface area (Å²) in [5, 5.41) is 8.95. The molecule has 1 N–H and O–H groups in total. The summed E-state index contributed by atoms with van der Waals surface area (Å²) in [4.78, 5) is 13.2. The Kier molecular flexibility index (Phi) is 5.05. The van der Waals surface area contributed by atoms with E-state index in [0.29, 0.717) is 5.69 Å². The van der Waals surface area contributed by atoms with Gasteiger partial charge in [-0.15, -0.1) is 0 Å². The second-order valence-electron chi connectivity index (χ2n) is 3.83. The first-order chi connectivity index (χ1) is 7.69. The van der Waals surface area contributed by atoms with E-state index in [4.69, 9.17) is 5.11 Å². The van der Waals surface area contributed by atoms with Crippen LogP contribution in [-0.2, 0) is 6.54 Å². The topological polar surface area (TPSA) is 45.5 Å². The molecule has 0 bridgehead atoms. The summed E-state index contributed by atoms with van der Waals surface area (Å²) in [6.45, 7) is 8.00. The number of aromatic nitrogens is 1. The van der Waals surface area contributed by atoms with Gasteiger partial charge >= 0.3 is 5.97 Å². The molecule has 0 aliphatic carbocycles. The molecule has 0 aliphatic rings. The van der Waals surface area contributed by atoms with Crippen molar-refractivity contribution >= 4 is 5.97 Å². The summed E-state index contributed by atoms with van der Waals surface area (Å²) in [6.07, 6.45) is 2.95. The van der Waals surface area contributed by atoms with Crippen LogP contribution in [-0.4, -0.2) is 40.2 Å². The normalized spacial score (nSPS) is 10.9. The summed E-state index contributed by atoms with van der Waals surface area (Å²) < 4.78 is 1.79. The van der Waals surface area contributed by atoms with E-state index >= 15 is 0 Å². The third-order valence-electron chi connectivity index (χ3n) is 2.69. The fraction of sp³-hybridized carbons (Fsp3) is 0.583. The monoisotopic (exact) mass is 224 g/mol. The molecule has 0 unspecified atom stereocenters. The second-order valence-corrected chi connectivity index (χ2v) is 3.83. The van der Waals surface area contributed by atoms with Crippen LogP contribution in [0.3, 0.4) is 0 Å². The molecular formula is C12H20N2O2. The lowest BCUT2D eigenvalue weighted by molar-refractivity contribution is 0.0684. The Hall–Kier alpha value is -1.29. The van der Waals surface area contributed by atoms with Gasteiger partial charge in [0.05, 0.1) is 0 Å². The van der Waals surface area contributed by atoms with Gasteiger partial charge in [0.2, 0.25) is 0 Å². The van der Waals surface area contributed by atoms with Gasteiger partial charge in [0.1, 0.15) is 5.69 Å². The summed E-state index contributed by atoms with van der Waals surface area (Å²) in [5.41, 5.74) is 0.368. The minimum atomic E-state index is -0.858. The molecule has 0 atom stereocenters. The van der Waals surface area contributed by atoms with E-state index in [1.807, 2.05) is 6.20 Å². The lowest BCUT2D eigenvalue weighted by Crippen LogP contribution is -2.28. The van der Waals surface area contributed by atoms with E-state index < -0.39 is 5.97 Å². The van der Waals surface area contributed by atoms with E-state index in [1.54, 1.807) is 16.7 Å². The van der Waals surface area contributed by atoms with E-state index in [2.05, 4.69) is 18.7 Å². The molecule has 0 aromatic carbocycles. The molecule has 0 spiro atoms. The Bertz CT molecular complexity index is 334. The smallest absolute Gasteiger partial charge is 0.352 e. The van der Waals surface area contributed by atoms with Crippen LogP contribution in [0.15, 0.2) is 18.3 Å². The highest BCUT2D eigenvalue weighted by Crippen LogP contribution is 2.03. The minimum absolute atomic E-state index is 0.368. The zero-order valence-electron chi connectivity index (χ0n) is 10.0. The third-order valence-corrected chi connectivity index (χ3v) is 2.69. The van der Waals surface area contributed by atoms with Gasteiger partial charge in [-0.1, -0.05) is 13.8 Å². The van der Waals surface area contributed by atoms with Gasteiger partial charge in [-0.25, -0.2) is 4.79 Å². The molecule has 1 aromatic rings. The van der Waals surface area contributed by atoms with Gasteiger partial charge in [0.15, 0.2) is 0 Å². The van der Waals surface area contributed by atoms with Gasteiger partial charge in [-0.2, -0.15) is 0 Å². The molecule has 16 heavy (non-hydrogen) atoms. The molecule has 0 saturated heterocycles. The molecule has 0 radical (unpaired) electrons. The number of aromatic carboxylic acids is 1. The molecule has 4 heteroatoms. The predicted octanol–water partition coefficient (Wildman–Crippen LogP) is 1.92. The van der Waals surface area contributed by atoms with Crippen LogP contribution < -0.4 is 0 Å². The van der Waals surface area contributed by atoms with Crippen LogP contribution in [0.1, 0.15) is 30.8 Å². The number of hydrogen-bond acceptors (Lipinski definition) is 2. The van der Waals surface area contributed by atoms with Crippen LogP contribution in [0.5, 0.6) is 0 Å². The van der Waals surface area contributed by atoms with Crippen LogP contribution in [0.25, 0.3) is 0 Å². The number of likely N-dealkylation sites (N-methyl/N-ethyl adjacent to an activating group) is 1. The van der Waals surface area contributed by atoms with Crippen molar-refractivity contribution in [3.05, 3.63) is 24.0 Å². The van der Waals surface area contributed by atoms with Gasteiger partial charge in [0, 0.05) is 19.3 Å². The summed E-state index contributed by atoms with van der Waals surface area (Å²) in [5.74, 6) is -0.858. The Morgan fingerprint density at radius 1 is 1.44 bits per heavy atom. The molecule has 4 nitrogen and oxygen atoms in total. The van der Waals surface area contributed by atoms with Crippen molar-refractivity contribution in [3.63, 3.8) is 0 Å². The van der Waals surface area contributed by atoms with Gasteiger partial charge < -0.3 is 14.6 Å². The van der Waals surface area contributed by atoms with E-state index in [1.165, 1.54) is 0 Å². The second kappa shape index (κ2) is 6.33. The zero-order valence-corrected chi connectivity index (χ0v) is 10.0. The Labute approximate surface area is 96.5 Å². The van der Waals surface area contributed by atoms with Gasteiger partial charge in [0.25, 0.3) is 0 Å². The number of hydrogen-bond donors (Lipinski definition) is 1. The average Bonchev–Trinajstić information content (AvgIpc) is 2.72. The number of nitrogens with zero attached hydrogens (tertiary/aromatic N) is 2. The molecule has 1 rings (SSSR count). The first-order valence-corrected chi connectivity index (χ1v) is 5.79. The number of carbonyl (C=O) groups is 1. The Morgan fingerprint density at radius 3 is 2.75 bits per heavy atom. The molecule has 0 fully saturated rings. The first kappa shape index (κ1) is 12.8. The standard InChI is InChI=1S/C12H20N2O2/c1-3-7-13(4-2)9-10-14-8-5-6-11(14)12(15)16/h5-6,8H,3-4,7,9-10H2,1-2H3,(H,15,16). The fourth-order valence-electron chi connectivity index (χ4n) is 1.80. The van der Waals surface area contributed by atoms with Crippen molar-refractivity contribution in [1.82, 2.24) is 9.47 Å². The van der Waals surface area contributed by atoms with E-state index in [9.17, 15) is 4.79 Å². The summed E-state index contributed by atoms with van der Waals surface area (Å²) in [7, 11) is 0. The zero-order chi connectivity index (χ0) is 12.0. The predicted molar refractivity (Wildman–Crippen MR) is 63.8 cm³/mol. The molecule has 90 valence electrons. The van der Waals surface area contributed by atoms with Crippen molar-refractivity contribution in [2.24, 2.45) is 0 Å². The van der Waals surface area contributed by atoms with Crippen LogP contribution in [0.4, 0.5) is 0 Å². The first-order valence-electron chi connectivity index (χ1n) is 5.79. The van der Waals surface area contributed by atoms with Crippen LogP contribution >= 0.6 is 0 Å². The average molecular weight is 224 g/mol. The molecule has 0 amide bonds. The quantitative estimate of drug-likeness (QED) is 0.769. The fourth-order valence-corrected chi connectivity index (χ4v) is 1.80. The molecule has 0 saturated carbocycles. The third kappa shape index (κ3) is 3.38. The highest BCUT2D eigenvalue weighted by Gasteiger charge is 2.09. The minimum Gasteiger partial charge on any atom is -0.477 e. The number of carboxylic acids is 1. The van der Waals surface area contributed by atoms with Crippen molar-refractivity contribution < 1.29 is 9.90 Å². The van der Waals surface area contributed by atoms with Crippen molar-refractivity contribution in [3.8, 4) is 0 Å². The van der Waals surface area contributed by atoms with Crippen molar-refractivity contribution in [2.75, 3.05) is 19.6 Å². The lowest BCUT2D eigenvalue weighted by atomic mass is 10.4. The maximum Gasteiger partial charge on any atom is 0.352 e. The Morgan fingerprint density at radius 2 is 2.19 bits per heavy atom. The molecular weight excluding hydrogens is 204 g/mol. The number of carboxylic acid groups (broad SMARTS) is 1. The largest absolute Gasteiger partial charge is 0.477 e. The van der Waals surface area contributed by atoms with E-state index in [-0.39, 0.29) is 0 Å². The highest BCUT2D eigenvalue weighted by atomic mass is 16.4. The van der Waals surface area contributed by atoms with Crippen molar-refractivity contribution in [1.29, 1.82) is 0 Å². The SMILES string of the molecule is CCCN(CC)CCn1cccc1C(=O)O. The van der Waals surface area contributed by atoms with E-state index in [0.717, 1.165) is 32.6 Å². The summed E-state index contributed by atoms with van der Waals surface area (Å²) in [6, 6.07) is 3.41. The van der Waals surface area contributed by atoms with Crippen LogP contribution in [0.2, 0.25) is 0 Å². The lowest BCUT2D eigenvalue weighted by Gasteiger charge is -2.20. The molecule has 1 heterocycles. The molecule has 0 aliphatic heterocycles. The highest BCUT2D eigenvalue weighted by molar-refractivity contribution is 5.85. The number of rotatable bonds is 7. The Balaban J connectivity index is 2.53. The maximum absolute atomic E-state index is 10.9. The van der Waals surface area contributed by atoms with Crippen molar-refractivity contribution in [2.45, 2.75) is 26.8 Å². The van der Waals surface area contributed by atoms with Gasteiger partial charge in [-0.3, -0.25) is 0 Å². The molecule has 1 aromatic heterocycles.